The van der Waals surface area contributed by atoms with Gasteiger partial charge in [0, 0.05) is 31.9 Å². The molecular weight excluding hydrogens is 238 g/mol. The molecule has 2 rings (SSSR count). The fraction of sp³-hybridized carbons (Fsp3) is 0.500. The lowest BCUT2D eigenvalue weighted by atomic mass is 9.87. The van der Waals surface area contributed by atoms with Gasteiger partial charge in [0.1, 0.15) is 0 Å². The number of aliphatic hydroxyl groups excluding tert-OH is 1. The number of nitrogens with one attached hydrogen (secondary N) is 1. The van der Waals surface area contributed by atoms with Crippen molar-refractivity contribution in [2.75, 3.05) is 26.4 Å². The van der Waals surface area contributed by atoms with Gasteiger partial charge in [-0.15, -0.1) is 0 Å². The van der Waals surface area contributed by atoms with Crippen molar-refractivity contribution in [2.24, 2.45) is 0 Å². The molecule has 0 saturated carbocycles. The van der Waals surface area contributed by atoms with Crippen LogP contribution in [0.1, 0.15) is 24.8 Å². The Kier molecular flexibility index (Phi) is 5.58. The lowest BCUT2D eigenvalue weighted by Gasteiger charge is -2.37. The molecule has 3 nitrogen and oxygen atoms in total. The fourth-order valence-corrected chi connectivity index (χ4v) is 2.53. The molecule has 2 N–H and O–H groups in total. The van der Waals surface area contributed by atoms with Gasteiger partial charge in [-0.25, -0.2) is 0 Å². The molecule has 19 heavy (non-hydrogen) atoms. The number of benzene rings is 1. The molecule has 1 fully saturated rings. The van der Waals surface area contributed by atoms with Gasteiger partial charge in [0.2, 0.25) is 0 Å². The molecule has 1 aliphatic heterocycles. The lowest BCUT2D eigenvalue weighted by molar-refractivity contribution is 0.0291. The predicted octanol–water partition coefficient (Wildman–Crippen LogP) is 2.22. The molecule has 0 radical (unpaired) electrons. The molecule has 0 atom stereocenters. The second kappa shape index (κ2) is 7.43. The third kappa shape index (κ3) is 4.46. The van der Waals surface area contributed by atoms with E-state index in [1.54, 1.807) is 0 Å². The Morgan fingerprint density at radius 2 is 1.95 bits per heavy atom. The fourth-order valence-electron chi connectivity index (χ4n) is 2.53. The Morgan fingerprint density at radius 3 is 2.63 bits per heavy atom. The summed E-state index contributed by atoms with van der Waals surface area (Å²) in [5.74, 6) is 0. The van der Waals surface area contributed by atoms with Crippen LogP contribution in [0.15, 0.2) is 36.4 Å². The minimum Gasteiger partial charge on any atom is -0.396 e. The molecule has 0 bridgehead atoms. The molecule has 1 aromatic carbocycles. The van der Waals surface area contributed by atoms with Crippen LogP contribution in [0.2, 0.25) is 0 Å². The molecule has 1 aliphatic rings. The van der Waals surface area contributed by atoms with Gasteiger partial charge in [0.05, 0.1) is 0 Å². The van der Waals surface area contributed by atoms with E-state index in [4.69, 9.17) is 4.74 Å². The zero-order valence-electron chi connectivity index (χ0n) is 11.3. The molecule has 0 unspecified atom stereocenters. The highest BCUT2D eigenvalue weighted by molar-refractivity contribution is 5.48. The van der Waals surface area contributed by atoms with Crippen molar-refractivity contribution in [3.63, 3.8) is 0 Å². The first-order chi connectivity index (χ1) is 9.35. The second-order valence-electron chi connectivity index (χ2n) is 5.06. The minimum absolute atomic E-state index is 0.0496. The molecule has 3 heteroatoms. The third-order valence-corrected chi connectivity index (χ3v) is 3.75. The van der Waals surface area contributed by atoms with Crippen LogP contribution in [0.5, 0.6) is 0 Å². The SMILES string of the molecule is OCCC1(NCC=Cc2ccccc2)CCOCC1. The molecular formula is C16H23NO2. The number of hydrogen-bond donors (Lipinski definition) is 2. The Balaban J connectivity index is 1.84. The maximum Gasteiger partial charge on any atom is 0.0483 e. The molecule has 1 aromatic rings. The van der Waals surface area contributed by atoms with Gasteiger partial charge in [-0.3, -0.25) is 0 Å². The Labute approximate surface area is 115 Å². The lowest BCUT2D eigenvalue weighted by Crippen LogP contribution is -2.50. The first-order valence-corrected chi connectivity index (χ1v) is 7.00. The molecule has 1 saturated heterocycles. The average Bonchev–Trinajstić information content (AvgIpc) is 2.46. The van der Waals surface area contributed by atoms with Crippen LogP contribution in [0.4, 0.5) is 0 Å². The van der Waals surface area contributed by atoms with Gasteiger partial charge >= 0.3 is 0 Å². The van der Waals surface area contributed by atoms with Gasteiger partial charge in [0.25, 0.3) is 0 Å². The van der Waals surface area contributed by atoms with Crippen LogP contribution >= 0.6 is 0 Å². The van der Waals surface area contributed by atoms with Gasteiger partial charge in [-0.2, -0.15) is 0 Å². The molecule has 0 spiro atoms. The Morgan fingerprint density at radius 1 is 1.21 bits per heavy atom. The Bertz CT molecular complexity index is 377. The largest absolute Gasteiger partial charge is 0.396 e. The van der Waals surface area contributed by atoms with Crippen LogP contribution in [0, 0.1) is 0 Å². The first-order valence-electron chi connectivity index (χ1n) is 7.00. The third-order valence-electron chi connectivity index (χ3n) is 3.75. The van der Waals surface area contributed by atoms with Crippen molar-refractivity contribution in [3.8, 4) is 0 Å². The van der Waals surface area contributed by atoms with E-state index in [0.29, 0.717) is 0 Å². The maximum atomic E-state index is 9.22. The number of rotatable bonds is 6. The van der Waals surface area contributed by atoms with Crippen molar-refractivity contribution in [1.82, 2.24) is 5.32 Å². The van der Waals surface area contributed by atoms with Crippen LogP contribution in [0.3, 0.4) is 0 Å². The smallest absolute Gasteiger partial charge is 0.0483 e. The summed E-state index contributed by atoms with van der Waals surface area (Å²) in [6, 6.07) is 10.3. The quantitative estimate of drug-likeness (QED) is 0.825. The molecule has 104 valence electrons. The zero-order chi connectivity index (χ0) is 13.4. The summed E-state index contributed by atoms with van der Waals surface area (Å²) in [5, 5.41) is 12.8. The van der Waals surface area contributed by atoms with E-state index in [0.717, 1.165) is 39.0 Å². The van der Waals surface area contributed by atoms with Crippen molar-refractivity contribution >= 4 is 6.08 Å². The van der Waals surface area contributed by atoms with E-state index in [1.165, 1.54) is 5.56 Å². The van der Waals surface area contributed by atoms with Crippen LogP contribution < -0.4 is 5.32 Å². The average molecular weight is 261 g/mol. The van der Waals surface area contributed by atoms with Gasteiger partial charge in [-0.1, -0.05) is 42.5 Å². The van der Waals surface area contributed by atoms with Crippen molar-refractivity contribution in [3.05, 3.63) is 42.0 Å². The Hall–Kier alpha value is -1.16. The van der Waals surface area contributed by atoms with E-state index in [1.807, 2.05) is 18.2 Å². The summed E-state index contributed by atoms with van der Waals surface area (Å²) < 4.78 is 5.41. The van der Waals surface area contributed by atoms with Crippen LogP contribution in [0.25, 0.3) is 6.08 Å². The van der Waals surface area contributed by atoms with Gasteiger partial charge < -0.3 is 15.2 Å². The normalized spacial score (nSPS) is 18.8. The number of aliphatic hydroxyl groups is 1. The number of hydrogen-bond acceptors (Lipinski definition) is 3. The highest BCUT2D eigenvalue weighted by Gasteiger charge is 2.30. The van der Waals surface area contributed by atoms with Crippen molar-refractivity contribution in [1.29, 1.82) is 0 Å². The van der Waals surface area contributed by atoms with Gasteiger partial charge in [-0.05, 0) is 24.8 Å². The maximum absolute atomic E-state index is 9.22. The summed E-state index contributed by atoms with van der Waals surface area (Å²) in [6.45, 7) is 2.63. The summed E-state index contributed by atoms with van der Waals surface area (Å²) in [6.07, 6.45) is 7.03. The summed E-state index contributed by atoms with van der Waals surface area (Å²) in [4.78, 5) is 0. The molecule has 0 amide bonds. The summed E-state index contributed by atoms with van der Waals surface area (Å²) >= 11 is 0. The summed E-state index contributed by atoms with van der Waals surface area (Å²) in [5.41, 5.74) is 1.26. The number of ether oxygens (including phenoxy) is 1. The zero-order valence-corrected chi connectivity index (χ0v) is 11.3. The molecule has 0 aromatic heterocycles. The minimum atomic E-state index is 0.0496. The first kappa shape index (κ1) is 14.3. The monoisotopic (exact) mass is 261 g/mol. The summed E-state index contributed by atoms with van der Waals surface area (Å²) in [7, 11) is 0. The van der Waals surface area contributed by atoms with Crippen LogP contribution in [-0.2, 0) is 4.74 Å². The van der Waals surface area contributed by atoms with Crippen molar-refractivity contribution in [2.45, 2.75) is 24.8 Å². The predicted molar refractivity (Wildman–Crippen MR) is 78.0 cm³/mol. The van der Waals surface area contributed by atoms with E-state index in [-0.39, 0.29) is 12.1 Å². The van der Waals surface area contributed by atoms with Crippen molar-refractivity contribution < 1.29 is 9.84 Å². The standard InChI is InChI=1S/C16H23NO2/c18-12-8-16(9-13-19-14-10-16)17-11-4-7-15-5-2-1-3-6-15/h1-7,17-18H,8-14H2. The van der Waals surface area contributed by atoms with E-state index in [2.05, 4.69) is 29.6 Å². The van der Waals surface area contributed by atoms with E-state index >= 15 is 0 Å². The van der Waals surface area contributed by atoms with Gasteiger partial charge in [0.15, 0.2) is 0 Å². The highest BCUT2D eigenvalue weighted by atomic mass is 16.5. The molecule has 1 heterocycles. The highest BCUT2D eigenvalue weighted by Crippen LogP contribution is 2.23. The molecule has 0 aliphatic carbocycles. The topological polar surface area (TPSA) is 41.5 Å². The second-order valence-corrected chi connectivity index (χ2v) is 5.06. The van der Waals surface area contributed by atoms with E-state index < -0.39 is 0 Å². The van der Waals surface area contributed by atoms with E-state index in [9.17, 15) is 5.11 Å². The van der Waals surface area contributed by atoms with Crippen LogP contribution in [-0.4, -0.2) is 37.0 Å².